The molecule has 1 amide bonds. The van der Waals surface area contributed by atoms with Gasteiger partial charge in [0.15, 0.2) is 0 Å². The van der Waals surface area contributed by atoms with E-state index in [4.69, 9.17) is 0 Å². The Morgan fingerprint density at radius 2 is 2.14 bits per heavy atom. The van der Waals surface area contributed by atoms with Crippen LogP contribution in [-0.2, 0) is 9.84 Å². The summed E-state index contributed by atoms with van der Waals surface area (Å²) in [5.41, 5.74) is 0.425. The summed E-state index contributed by atoms with van der Waals surface area (Å²) in [4.78, 5) is 18.0. The summed E-state index contributed by atoms with van der Waals surface area (Å²) in [6.45, 7) is 2.88. The van der Waals surface area contributed by atoms with Crippen molar-refractivity contribution in [1.82, 2.24) is 9.88 Å². The highest BCUT2D eigenvalue weighted by atomic mass is 79.9. The molecule has 1 heterocycles. The van der Waals surface area contributed by atoms with E-state index in [1.165, 1.54) is 4.90 Å². The fourth-order valence-corrected chi connectivity index (χ4v) is 2.53. The zero-order valence-corrected chi connectivity index (χ0v) is 14.8. The fourth-order valence-electron chi connectivity index (χ4n) is 1.60. The molecule has 0 aromatic carbocycles. The number of anilines is 1. The molecule has 0 bridgehead atoms. The SMILES string of the molecule is CCCNc1ncc(Br)cc1C(=O)N(C)CCS(C)(=O)=O. The minimum atomic E-state index is -3.10. The second-order valence-corrected chi connectivity index (χ2v) is 8.01. The normalized spacial score (nSPS) is 11.2. The Balaban J connectivity index is 2.91. The number of halogens is 1. The molecule has 0 aliphatic carbocycles. The molecule has 118 valence electrons. The van der Waals surface area contributed by atoms with Gasteiger partial charge in [0.05, 0.1) is 11.3 Å². The van der Waals surface area contributed by atoms with Crippen LogP contribution in [0.1, 0.15) is 23.7 Å². The quantitative estimate of drug-likeness (QED) is 0.783. The highest BCUT2D eigenvalue weighted by Gasteiger charge is 2.18. The number of rotatable bonds is 7. The van der Waals surface area contributed by atoms with Crippen LogP contribution in [0.3, 0.4) is 0 Å². The summed E-state index contributed by atoms with van der Waals surface area (Å²) in [6.07, 6.45) is 3.68. The fraction of sp³-hybridized carbons (Fsp3) is 0.538. The first-order valence-corrected chi connectivity index (χ1v) is 9.42. The molecule has 8 heteroatoms. The molecule has 6 nitrogen and oxygen atoms in total. The van der Waals surface area contributed by atoms with Gasteiger partial charge in [-0.05, 0) is 28.4 Å². The zero-order chi connectivity index (χ0) is 16.0. The number of amides is 1. The van der Waals surface area contributed by atoms with Gasteiger partial charge in [-0.25, -0.2) is 13.4 Å². The molecule has 1 aromatic rings. The molecule has 0 fully saturated rings. The van der Waals surface area contributed by atoms with Crippen molar-refractivity contribution in [3.63, 3.8) is 0 Å². The summed E-state index contributed by atoms with van der Waals surface area (Å²) in [7, 11) is -1.52. The minimum absolute atomic E-state index is 0.0611. The Bertz CT molecular complexity index is 605. The van der Waals surface area contributed by atoms with E-state index in [0.717, 1.165) is 12.7 Å². The number of carbonyl (C=O) groups excluding carboxylic acids is 1. The molecule has 0 unspecified atom stereocenters. The Morgan fingerprint density at radius 3 is 2.71 bits per heavy atom. The smallest absolute Gasteiger partial charge is 0.257 e. The van der Waals surface area contributed by atoms with Crippen LogP contribution in [0.15, 0.2) is 16.7 Å². The van der Waals surface area contributed by atoms with Crippen molar-refractivity contribution in [2.45, 2.75) is 13.3 Å². The first-order chi connectivity index (χ1) is 9.74. The maximum Gasteiger partial charge on any atom is 0.257 e. The van der Waals surface area contributed by atoms with Gasteiger partial charge in [0.1, 0.15) is 15.7 Å². The highest BCUT2D eigenvalue weighted by molar-refractivity contribution is 9.10. The van der Waals surface area contributed by atoms with Crippen LogP contribution < -0.4 is 5.32 Å². The maximum atomic E-state index is 12.4. The molecule has 1 rings (SSSR count). The third-order valence-corrected chi connectivity index (χ3v) is 4.13. The van der Waals surface area contributed by atoms with Crippen LogP contribution in [-0.4, -0.2) is 56.4 Å². The van der Waals surface area contributed by atoms with Crippen molar-refractivity contribution in [2.75, 3.05) is 37.5 Å². The third kappa shape index (κ3) is 6.01. The van der Waals surface area contributed by atoms with Gasteiger partial charge in [-0.3, -0.25) is 4.79 Å². The molecule has 0 radical (unpaired) electrons. The number of pyridine rings is 1. The Kier molecular flexibility index (Phi) is 6.60. The van der Waals surface area contributed by atoms with Gasteiger partial charge in [-0.2, -0.15) is 0 Å². The number of hydrogen-bond donors (Lipinski definition) is 1. The Morgan fingerprint density at radius 1 is 1.48 bits per heavy atom. The van der Waals surface area contributed by atoms with E-state index in [0.29, 0.717) is 22.4 Å². The Hall–Kier alpha value is -1.15. The summed E-state index contributed by atoms with van der Waals surface area (Å²) in [6, 6.07) is 1.68. The average Bonchev–Trinajstić information content (AvgIpc) is 2.41. The lowest BCUT2D eigenvalue weighted by Gasteiger charge is -2.18. The van der Waals surface area contributed by atoms with Gasteiger partial charge < -0.3 is 10.2 Å². The molecule has 0 saturated heterocycles. The van der Waals surface area contributed by atoms with Crippen LogP contribution in [0, 0.1) is 0 Å². The van der Waals surface area contributed by atoms with E-state index in [2.05, 4.69) is 26.2 Å². The van der Waals surface area contributed by atoms with E-state index in [9.17, 15) is 13.2 Å². The standard InChI is InChI=1S/C13H20BrN3O3S/c1-4-5-15-12-11(8-10(14)9-16-12)13(18)17(2)6-7-21(3,19)20/h8-9H,4-7H2,1-3H3,(H,15,16). The molecule has 0 spiro atoms. The second kappa shape index (κ2) is 7.74. The molecule has 0 aliphatic heterocycles. The van der Waals surface area contributed by atoms with Crippen molar-refractivity contribution >= 4 is 37.5 Å². The van der Waals surface area contributed by atoms with Crippen molar-refractivity contribution in [2.24, 2.45) is 0 Å². The van der Waals surface area contributed by atoms with Gasteiger partial charge in [-0.1, -0.05) is 6.92 Å². The van der Waals surface area contributed by atoms with Crippen LogP contribution in [0.4, 0.5) is 5.82 Å². The topological polar surface area (TPSA) is 79.4 Å². The zero-order valence-electron chi connectivity index (χ0n) is 12.4. The predicted molar refractivity (Wildman–Crippen MR) is 87.4 cm³/mol. The van der Waals surface area contributed by atoms with Crippen LogP contribution in [0.5, 0.6) is 0 Å². The molecule has 21 heavy (non-hydrogen) atoms. The summed E-state index contributed by atoms with van der Waals surface area (Å²) in [5, 5.41) is 3.10. The number of aromatic nitrogens is 1. The van der Waals surface area contributed by atoms with Crippen molar-refractivity contribution in [1.29, 1.82) is 0 Å². The first-order valence-electron chi connectivity index (χ1n) is 6.57. The first kappa shape index (κ1) is 17.9. The largest absolute Gasteiger partial charge is 0.369 e. The average molecular weight is 378 g/mol. The van der Waals surface area contributed by atoms with Gasteiger partial charge in [0, 0.05) is 37.1 Å². The monoisotopic (exact) mass is 377 g/mol. The lowest BCUT2D eigenvalue weighted by molar-refractivity contribution is 0.0804. The van der Waals surface area contributed by atoms with Crippen molar-refractivity contribution in [3.05, 3.63) is 22.3 Å². The van der Waals surface area contributed by atoms with E-state index < -0.39 is 9.84 Å². The maximum absolute atomic E-state index is 12.4. The van der Waals surface area contributed by atoms with E-state index >= 15 is 0 Å². The van der Waals surface area contributed by atoms with Gasteiger partial charge >= 0.3 is 0 Å². The lowest BCUT2D eigenvalue weighted by atomic mass is 10.2. The van der Waals surface area contributed by atoms with Crippen LogP contribution in [0.25, 0.3) is 0 Å². The van der Waals surface area contributed by atoms with E-state index in [1.807, 2.05) is 6.92 Å². The van der Waals surface area contributed by atoms with E-state index in [1.54, 1.807) is 19.3 Å². The summed E-state index contributed by atoms with van der Waals surface area (Å²) >= 11 is 3.30. The molecule has 0 aliphatic rings. The molecule has 0 saturated carbocycles. The number of nitrogens with one attached hydrogen (secondary N) is 1. The molecular formula is C13H20BrN3O3S. The Labute approximate surface area is 134 Å². The molecular weight excluding hydrogens is 358 g/mol. The molecule has 0 atom stereocenters. The van der Waals surface area contributed by atoms with Crippen molar-refractivity contribution in [3.8, 4) is 0 Å². The number of carbonyl (C=O) groups is 1. The van der Waals surface area contributed by atoms with E-state index in [-0.39, 0.29) is 18.2 Å². The number of sulfone groups is 1. The molecule has 1 aromatic heterocycles. The van der Waals surface area contributed by atoms with Crippen LogP contribution >= 0.6 is 15.9 Å². The van der Waals surface area contributed by atoms with Gasteiger partial charge in [-0.15, -0.1) is 0 Å². The predicted octanol–water partition coefficient (Wildman–Crippen LogP) is 1.78. The minimum Gasteiger partial charge on any atom is -0.369 e. The third-order valence-electron chi connectivity index (χ3n) is 2.77. The number of nitrogens with zero attached hydrogens (tertiary/aromatic N) is 2. The lowest BCUT2D eigenvalue weighted by Crippen LogP contribution is -2.32. The molecule has 1 N–H and O–H groups in total. The summed E-state index contributed by atoms with van der Waals surface area (Å²) < 4.78 is 23.1. The van der Waals surface area contributed by atoms with Crippen LogP contribution in [0.2, 0.25) is 0 Å². The number of hydrogen-bond acceptors (Lipinski definition) is 5. The summed E-state index contributed by atoms with van der Waals surface area (Å²) in [5.74, 6) is 0.191. The highest BCUT2D eigenvalue weighted by Crippen LogP contribution is 2.19. The van der Waals surface area contributed by atoms with Crippen molar-refractivity contribution < 1.29 is 13.2 Å². The van der Waals surface area contributed by atoms with Gasteiger partial charge in [0.2, 0.25) is 0 Å². The van der Waals surface area contributed by atoms with Gasteiger partial charge in [0.25, 0.3) is 5.91 Å². The second-order valence-electron chi connectivity index (χ2n) is 4.83.